The van der Waals surface area contributed by atoms with Gasteiger partial charge in [-0.05, 0) is 42.9 Å². The van der Waals surface area contributed by atoms with Crippen LogP contribution in [0.2, 0.25) is 0 Å². The highest BCUT2D eigenvalue weighted by molar-refractivity contribution is 5.88. The number of aliphatic hydroxyl groups is 2. The molecule has 0 radical (unpaired) electrons. The van der Waals surface area contributed by atoms with Crippen LogP contribution < -0.4 is 10.6 Å². The minimum Gasteiger partial charge on any atom is -0.445 e. The monoisotopic (exact) mass is 506 g/mol. The summed E-state index contributed by atoms with van der Waals surface area (Å²) in [6, 6.07) is -0.146. The van der Waals surface area contributed by atoms with E-state index in [0.29, 0.717) is 19.4 Å². The maximum atomic E-state index is 13.4. The number of Topliss-reactive ketones (excluding diaryl/α,β-unsaturated/α-hetero) is 1. The van der Waals surface area contributed by atoms with Crippen molar-refractivity contribution in [2.45, 2.75) is 90.6 Å². The van der Waals surface area contributed by atoms with Crippen LogP contribution in [0, 0.1) is 34.0 Å². The summed E-state index contributed by atoms with van der Waals surface area (Å²) in [5.41, 5.74) is -1.77. The lowest BCUT2D eigenvalue weighted by atomic mass is 9.44. The van der Waals surface area contributed by atoms with E-state index in [-0.39, 0.29) is 48.0 Å². The van der Waals surface area contributed by atoms with Gasteiger partial charge in [0.25, 0.3) is 0 Å². The topological polar surface area (TPSA) is 134 Å². The van der Waals surface area contributed by atoms with Gasteiger partial charge in [0.15, 0.2) is 0 Å². The molecule has 202 valence electrons. The number of amides is 2. The quantitative estimate of drug-likeness (QED) is 0.428. The summed E-state index contributed by atoms with van der Waals surface area (Å²) in [6.07, 6.45) is 1.61. The third-order valence-corrected chi connectivity index (χ3v) is 10.4. The standard InChI is InChI=1S/C27H42N2O7/c1-6-25(4)12-20(36-24(34)29-23(33)35-18-11-17(14-30)28-13-18)26(5)15(2)7-9-27(16(3)22(25)32)10-8-19(31)21(26)27/h6,15-18,20-22,28,30,32H,1,7-14H2,2-5H3,(H,29,33,34)/t15?,16-,17+,18-,20+,21-,22-,25+,26+,27-/m0/s1. The Hall–Kier alpha value is -1.97. The van der Waals surface area contributed by atoms with E-state index in [1.807, 2.05) is 13.8 Å². The molecule has 9 heteroatoms. The number of carbonyl (C=O) groups excluding carboxylic acids is 3. The predicted molar refractivity (Wildman–Crippen MR) is 132 cm³/mol. The number of carbonyl (C=O) groups is 3. The Morgan fingerprint density at radius 2 is 1.92 bits per heavy atom. The lowest BCUT2D eigenvalue weighted by molar-refractivity contribution is -0.191. The number of imide groups is 1. The summed E-state index contributed by atoms with van der Waals surface area (Å²) in [5, 5.41) is 26.0. The van der Waals surface area contributed by atoms with Crippen LogP contribution in [-0.2, 0) is 14.3 Å². The first kappa shape index (κ1) is 27.1. The minimum atomic E-state index is -0.931. The van der Waals surface area contributed by atoms with Gasteiger partial charge in [-0.2, -0.15) is 0 Å². The molecule has 0 aromatic rings. The summed E-state index contributed by atoms with van der Waals surface area (Å²) >= 11 is 0. The van der Waals surface area contributed by atoms with Crippen molar-refractivity contribution in [3.63, 3.8) is 0 Å². The van der Waals surface area contributed by atoms with E-state index >= 15 is 0 Å². The second-order valence-electron chi connectivity index (χ2n) is 12.2. The molecule has 4 N–H and O–H groups in total. The van der Waals surface area contributed by atoms with E-state index in [2.05, 4.69) is 31.1 Å². The average Bonchev–Trinajstić information content (AvgIpc) is 3.44. The third kappa shape index (κ3) is 4.27. The highest BCUT2D eigenvalue weighted by Crippen LogP contribution is 2.67. The zero-order valence-corrected chi connectivity index (χ0v) is 21.9. The van der Waals surface area contributed by atoms with E-state index in [0.717, 1.165) is 19.3 Å². The van der Waals surface area contributed by atoms with Crippen molar-refractivity contribution < 1.29 is 34.1 Å². The van der Waals surface area contributed by atoms with Gasteiger partial charge in [-0.1, -0.05) is 33.8 Å². The normalized spacial score (nSPS) is 46.3. The fourth-order valence-electron chi connectivity index (χ4n) is 7.94. The molecule has 3 saturated carbocycles. The first-order chi connectivity index (χ1) is 16.9. The number of hydrogen-bond donors (Lipinski definition) is 4. The number of hydrogen-bond acceptors (Lipinski definition) is 8. The van der Waals surface area contributed by atoms with Crippen LogP contribution in [0.1, 0.15) is 66.2 Å². The van der Waals surface area contributed by atoms with Crippen molar-refractivity contribution in [3.05, 3.63) is 12.7 Å². The molecule has 0 aromatic heterocycles. The summed E-state index contributed by atoms with van der Waals surface area (Å²) in [6.45, 7) is 12.5. The molecule has 4 aliphatic rings. The van der Waals surface area contributed by atoms with Gasteiger partial charge in [-0.15, -0.1) is 6.58 Å². The van der Waals surface area contributed by atoms with E-state index in [9.17, 15) is 24.6 Å². The summed E-state index contributed by atoms with van der Waals surface area (Å²) in [4.78, 5) is 38.8. The Bertz CT molecular complexity index is 911. The molecule has 1 saturated heterocycles. The zero-order chi connectivity index (χ0) is 26.5. The molecule has 0 spiro atoms. The molecule has 9 nitrogen and oxygen atoms in total. The van der Waals surface area contributed by atoms with Crippen LogP contribution in [0.25, 0.3) is 0 Å². The van der Waals surface area contributed by atoms with Gasteiger partial charge in [-0.25, -0.2) is 14.9 Å². The Morgan fingerprint density at radius 1 is 1.22 bits per heavy atom. The number of alkyl carbamates (subject to hydrolysis) is 2. The third-order valence-electron chi connectivity index (χ3n) is 10.4. The zero-order valence-electron chi connectivity index (χ0n) is 21.9. The molecule has 3 aliphatic carbocycles. The van der Waals surface area contributed by atoms with Crippen molar-refractivity contribution in [1.29, 1.82) is 0 Å². The lowest BCUT2D eigenvalue weighted by Crippen LogP contribution is -2.63. The molecular formula is C27H42N2O7. The second kappa shape index (κ2) is 9.72. The fourth-order valence-corrected chi connectivity index (χ4v) is 7.94. The van der Waals surface area contributed by atoms with Crippen molar-refractivity contribution in [3.8, 4) is 0 Å². The molecule has 2 amide bonds. The van der Waals surface area contributed by atoms with Crippen LogP contribution in [0.3, 0.4) is 0 Å². The highest BCUT2D eigenvalue weighted by atomic mass is 16.6. The van der Waals surface area contributed by atoms with Crippen molar-refractivity contribution in [2.75, 3.05) is 13.2 Å². The number of aliphatic hydroxyl groups excluding tert-OH is 2. The van der Waals surface area contributed by atoms with Gasteiger partial charge in [0.1, 0.15) is 18.0 Å². The van der Waals surface area contributed by atoms with Crippen molar-refractivity contribution in [2.24, 2.45) is 34.0 Å². The van der Waals surface area contributed by atoms with Gasteiger partial charge in [0, 0.05) is 42.2 Å². The molecule has 1 aliphatic heterocycles. The molecule has 1 unspecified atom stereocenters. The van der Waals surface area contributed by atoms with Crippen molar-refractivity contribution in [1.82, 2.24) is 10.6 Å². The van der Waals surface area contributed by atoms with Gasteiger partial charge in [-0.3, -0.25) is 4.79 Å². The van der Waals surface area contributed by atoms with Crippen LogP contribution in [0.4, 0.5) is 9.59 Å². The van der Waals surface area contributed by atoms with Gasteiger partial charge < -0.3 is 25.0 Å². The predicted octanol–water partition coefficient (Wildman–Crippen LogP) is 2.94. The Balaban J connectivity index is 1.59. The molecule has 4 fully saturated rings. The smallest absolute Gasteiger partial charge is 0.416 e. The van der Waals surface area contributed by atoms with E-state index in [1.54, 1.807) is 6.08 Å². The first-order valence-corrected chi connectivity index (χ1v) is 13.3. The van der Waals surface area contributed by atoms with E-state index in [4.69, 9.17) is 9.47 Å². The summed E-state index contributed by atoms with van der Waals surface area (Å²) < 4.78 is 11.3. The average molecular weight is 507 g/mol. The van der Waals surface area contributed by atoms with Crippen LogP contribution in [0.5, 0.6) is 0 Å². The van der Waals surface area contributed by atoms with Crippen LogP contribution in [-0.4, -0.2) is 65.7 Å². The lowest BCUT2D eigenvalue weighted by Gasteiger charge is -2.61. The Morgan fingerprint density at radius 3 is 2.56 bits per heavy atom. The number of ether oxygens (including phenoxy) is 2. The molecule has 0 aromatic carbocycles. The second-order valence-corrected chi connectivity index (χ2v) is 12.2. The SMILES string of the molecule is C=C[C@]1(C)C[C@@H](OC(=O)NC(=O)O[C@@H]2CN[C@@H](CO)C2)[C@@]2(C)C(C)CC[C@]3(CCC(=O)[C@H]32)[C@@H](C)[C@@H]1O. The van der Waals surface area contributed by atoms with Crippen LogP contribution >= 0.6 is 0 Å². The number of rotatable bonds is 4. The van der Waals surface area contributed by atoms with Crippen LogP contribution in [0.15, 0.2) is 12.7 Å². The maximum Gasteiger partial charge on any atom is 0.416 e. The summed E-state index contributed by atoms with van der Waals surface area (Å²) in [5.74, 6) is -0.182. The van der Waals surface area contributed by atoms with Gasteiger partial charge in [0.05, 0.1) is 12.7 Å². The molecule has 2 bridgehead atoms. The highest BCUT2D eigenvalue weighted by Gasteiger charge is 2.68. The van der Waals surface area contributed by atoms with Gasteiger partial charge >= 0.3 is 12.2 Å². The number of ketones is 1. The van der Waals surface area contributed by atoms with E-state index in [1.165, 1.54) is 0 Å². The summed E-state index contributed by atoms with van der Waals surface area (Å²) in [7, 11) is 0. The molecular weight excluding hydrogens is 464 g/mol. The molecule has 1 heterocycles. The maximum absolute atomic E-state index is 13.4. The van der Waals surface area contributed by atoms with E-state index < -0.39 is 41.3 Å². The van der Waals surface area contributed by atoms with Gasteiger partial charge in [0.2, 0.25) is 0 Å². The Labute approximate surface area is 213 Å². The van der Waals surface area contributed by atoms with Crippen molar-refractivity contribution >= 4 is 18.0 Å². The fraction of sp³-hybridized carbons (Fsp3) is 0.815. The largest absolute Gasteiger partial charge is 0.445 e. The Kier molecular flexibility index (Phi) is 7.31. The molecule has 10 atom stereocenters. The molecule has 36 heavy (non-hydrogen) atoms. The minimum absolute atomic E-state index is 0.0596. The number of nitrogens with one attached hydrogen (secondary N) is 2. The first-order valence-electron chi connectivity index (χ1n) is 13.3. The molecule has 4 rings (SSSR count).